The van der Waals surface area contributed by atoms with Crippen molar-refractivity contribution in [3.8, 4) is 0 Å². The third kappa shape index (κ3) is 23.2. The quantitative estimate of drug-likeness (QED) is 0.237. The van der Waals surface area contributed by atoms with Crippen LogP contribution in [0, 0.1) is 0 Å². The fourth-order valence-electron chi connectivity index (χ4n) is 0.671. The van der Waals surface area contributed by atoms with E-state index in [9.17, 15) is 0 Å². The lowest BCUT2D eigenvalue weighted by molar-refractivity contribution is 0.00230. The Bertz CT molecular complexity index is 143. The molecule has 0 amide bonds. The van der Waals surface area contributed by atoms with Crippen molar-refractivity contribution in [3.05, 3.63) is 16.0 Å². The molecule has 0 aliphatic rings. The zero-order valence-corrected chi connectivity index (χ0v) is 9.12. The second-order valence-corrected chi connectivity index (χ2v) is 2.37. The highest BCUT2D eigenvalue weighted by molar-refractivity contribution is 4.36. The molecule has 0 fully saturated rings. The van der Waals surface area contributed by atoms with Crippen LogP contribution in [0.2, 0.25) is 0 Å². The van der Waals surface area contributed by atoms with Gasteiger partial charge in [0.2, 0.25) is 0 Å². The van der Waals surface area contributed by atoms with E-state index < -0.39 is 0 Å². The smallest absolute Gasteiger partial charge is 0.0701 e. The molecule has 0 aliphatic heterocycles. The summed E-state index contributed by atoms with van der Waals surface area (Å²) < 4.78 is 15.0. The summed E-state index contributed by atoms with van der Waals surface area (Å²) in [7, 11) is 0. The maximum absolute atomic E-state index is 8.36. The van der Waals surface area contributed by atoms with E-state index in [0.717, 1.165) is 0 Å². The van der Waals surface area contributed by atoms with E-state index in [2.05, 4.69) is 0 Å². The van der Waals surface area contributed by atoms with Gasteiger partial charge >= 0.3 is 0 Å². The molecule has 0 aromatic rings. The standard InChI is InChI=1S/C8H18O5.N3/c9-1-3-11-5-7-13-8-6-12-4-2-10;1-3-2/h9-10H,1-8H2;/q;-1. The first-order valence-corrected chi connectivity index (χ1v) is 4.76. The van der Waals surface area contributed by atoms with Gasteiger partial charge in [-0.3, -0.25) is 4.91 Å². The van der Waals surface area contributed by atoms with E-state index in [4.69, 9.17) is 35.5 Å². The Morgan fingerprint density at radius 3 is 1.19 bits per heavy atom. The van der Waals surface area contributed by atoms with Crippen LogP contribution in [-0.2, 0) is 14.2 Å². The van der Waals surface area contributed by atoms with Crippen molar-refractivity contribution in [1.29, 1.82) is 0 Å². The third-order valence-electron chi connectivity index (χ3n) is 1.22. The highest BCUT2D eigenvalue weighted by Crippen LogP contribution is 1.80. The molecule has 0 rings (SSSR count). The molecule has 0 atom stereocenters. The minimum absolute atomic E-state index is 0.0413. The summed E-state index contributed by atoms with van der Waals surface area (Å²) in [6, 6.07) is 0. The Kier molecular flexibility index (Phi) is 21.5. The molecule has 2 N–H and O–H groups in total. The number of ether oxygens (including phenoxy) is 3. The van der Waals surface area contributed by atoms with Crippen molar-refractivity contribution in [1.82, 2.24) is 0 Å². The zero-order valence-electron chi connectivity index (χ0n) is 9.12. The van der Waals surface area contributed by atoms with Crippen LogP contribution in [0.5, 0.6) is 0 Å². The molecular formula is C8H18N3O5-. The van der Waals surface area contributed by atoms with Crippen molar-refractivity contribution in [2.75, 3.05) is 52.9 Å². The van der Waals surface area contributed by atoms with E-state index in [1.54, 1.807) is 0 Å². The molecule has 0 saturated carbocycles. The van der Waals surface area contributed by atoms with Gasteiger partial charge in [0.1, 0.15) is 0 Å². The van der Waals surface area contributed by atoms with Gasteiger partial charge in [0.25, 0.3) is 0 Å². The maximum atomic E-state index is 8.36. The fourth-order valence-corrected chi connectivity index (χ4v) is 0.671. The molecule has 16 heavy (non-hydrogen) atoms. The first-order chi connectivity index (χ1) is 7.83. The minimum atomic E-state index is 0.0413. The zero-order chi connectivity index (χ0) is 12.5. The number of rotatable bonds is 10. The lowest BCUT2D eigenvalue weighted by atomic mass is 10.7. The monoisotopic (exact) mass is 236 g/mol. The molecule has 0 aliphatic carbocycles. The Balaban J connectivity index is 0. The van der Waals surface area contributed by atoms with Gasteiger partial charge < -0.3 is 35.5 Å². The molecule has 0 heterocycles. The van der Waals surface area contributed by atoms with Crippen molar-refractivity contribution in [2.24, 2.45) is 0 Å². The Morgan fingerprint density at radius 1 is 0.688 bits per heavy atom. The summed E-state index contributed by atoms with van der Waals surface area (Å²) in [5, 5.41) is 16.7. The van der Waals surface area contributed by atoms with Crippen LogP contribution >= 0.6 is 0 Å². The molecule has 0 saturated heterocycles. The van der Waals surface area contributed by atoms with E-state index in [-0.39, 0.29) is 13.2 Å². The van der Waals surface area contributed by atoms with Crippen LogP contribution in [0.1, 0.15) is 0 Å². The number of hydrogen-bond donors (Lipinski definition) is 2. The fraction of sp³-hybridized carbons (Fsp3) is 1.00. The van der Waals surface area contributed by atoms with E-state index in [1.807, 2.05) is 0 Å². The van der Waals surface area contributed by atoms with Gasteiger partial charge in [0.15, 0.2) is 0 Å². The number of hydrogen-bond acceptors (Lipinski definition) is 5. The van der Waals surface area contributed by atoms with Crippen LogP contribution in [0.4, 0.5) is 0 Å². The lowest BCUT2D eigenvalue weighted by Gasteiger charge is -2.04. The number of nitrogens with zero attached hydrogens (tertiary/aromatic N) is 3. The summed E-state index contributed by atoms with van der Waals surface area (Å²) in [6.07, 6.45) is 0. The number of aliphatic hydroxyl groups is 2. The summed E-state index contributed by atoms with van der Waals surface area (Å²) in [6.45, 7) is 2.76. The predicted molar refractivity (Wildman–Crippen MR) is 56.7 cm³/mol. The van der Waals surface area contributed by atoms with Gasteiger partial charge in [-0.1, -0.05) is 0 Å². The van der Waals surface area contributed by atoms with E-state index in [1.165, 1.54) is 4.91 Å². The molecule has 0 bridgehead atoms. The van der Waals surface area contributed by atoms with Gasteiger partial charge in [-0.05, 0) is 0 Å². The molecule has 0 aromatic heterocycles. The lowest BCUT2D eigenvalue weighted by Crippen LogP contribution is -2.11. The van der Waals surface area contributed by atoms with Gasteiger partial charge in [-0.15, -0.1) is 0 Å². The largest absolute Gasteiger partial charge is 0.394 e. The molecule has 0 aromatic carbocycles. The van der Waals surface area contributed by atoms with Gasteiger partial charge in [0, 0.05) is 0 Å². The molecule has 0 radical (unpaired) electrons. The molecule has 0 spiro atoms. The number of aliphatic hydroxyl groups excluding tert-OH is 2. The molecule has 0 unspecified atom stereocenters. The van der Waals surface area contributed by atoms with Crippen LogP contribution < -0.4 is 0 Å². The Labute approximate surface area is 94.2 Å². The molecule has 8 heteroatoms. The van der Waals surface area contributed by atoms with Gasteiger partial charge in [-0.25, -0.2) is 0 Å². The van der Waals surface area contributed by atoms with Crippen molar-refractivity contribution in [2.45, 2.75) is 0 Å². The summed E-state index contributed by atoms with van der Waals surface area (Å²) in [5.41, 5.74) is 13.5. The van der Waals surface area contributed by atoms with E-state index >= 15 is 0 Å². The molecule has 8 nitrogen and oxygen atoms in total. The highest BCUT2D eigenvalue weighted by atomic mass is 16.5. The average Bonchev–Trinajstić information content (AvgIpc) is 2.28. The van der Waals surface area contributed by atoms with Crippen molar-refractivity contribution in [3.63, 3.8) is 0 Å². The average molecular weight is 236 g/mol. The Morgan fingerprint density at radius 2 is 0.938 bits per heavy atom. The normalized spacial score (nSPS) is 9.12. The summed E-state index contributed by atoms with van der Waals surface area (Å²) >= 11 is 0. The van der Waals surface area contributed by atoms with E-state index in [0.29, 0.717) is 39.6 Å². The highest BCUT2D eigenvalue weighted by Gasteiger charge is 1.89. The van der Waals surface area contributed by atoms with Crippen molar-refractivity contribution < 1.29 is 24.4 Å². The molecular weight excluding hydrogens is 218 g/mol. The predicted octanol–water partition coefficient (Wildman–Crippen LogP) is -0.113. The maximum Gasteiger partial charge on any atom is 0.0701 e. The first kappa shape index (κ1) is 17.5. The van der Waals surface area contributed by atoms with Crippen LogP contribution in [0.3, 0.4) is 0 Å². The Hall–Kier alpha value is -0.890. The summed E-state index contributed by atoms with van der Waals surface area (Å²) in [4.78, 5) is 1.50. The molecule has 96 valence electrons. The first-order valence-electron chi connectivity index (χ1n) is 4.76. The third-order valence-corrected chi connectivity index (χ3v) is 1.22. The van der Waals surface area contributed by atoms with Crippen molar-refractivity contribution >= 4 is 0 Å². The minimum Gasteiger partial charge on any atom is -0.394 e. The van der Waals surface area contributed by atoms with Crippen LogP contribution in [0.15, 0.2) is 0 Å². The topological polar surface area (TPSA) is 127 Å². The van der Waals surface area contributed by atoms with Gasteiger partial charge in [-0.2, -0.15) is 0 Å². The summed E-state index contributed by atoms with van der Waals surface area (Å²) in [5.74, 6) is 0. The van der Waals surface area contributed by atoms with Crippen LogP contribution in [-0.4, -0.2) is 63.1 Å². The second-order valence-electron chi connectivity index (χ2n) is 2.37. The second kappa shape index (κ2) is 19.6. The van der Waals surface area contributed by atoms with Gasteiger partial charge in [0.05, 0.1) is 52.9 Å². The van der Waals surface area contributed by atoms with Crippen LogP contribution in [0.25, 0.3) is 16.0 Å². The SMILES string of the molecule is OCCOCCOCCOCCO.[N-]=[N+]=[N-].